The van der Waals surface area contributed by atoms with Crippen molar-refractivity contribution in [2.24, 2.45) is 0 Å². The molecule has 0 saturated carbocycles. The molecule has 0 unspecified atom stereocenters. The van der Waals surface area contributed by atoms with Crippen molar-refractivity contribution in [3.05, 3.63) is 47.3 Å². The third kappa shape index (κ3) is 3.54. The highest BCUT2D eigenvalue weighted by atomic mass is 16.5. The molecule has 0 spiro atoms. The Hall–Kier alpha value is -2.34. The lowest BCUT2D eigenvalue weighted by Gasteiger charge is -2.39. The summed E-state index contributed by atoms with van der Waals surface area (Å²) in [4.78, 5) is 16.9. The molecule has 1 amide bonds. The number of benzene rings is 1. The fourth-order valence-corrected chi connectivity index (χ4v) is 3.15. The predicted molar refractivity (Wildman–Crippen MR) is 94.9 cm³/mol. The lowest BCUT2D eigenvalue weighted by atomic mass is 10.0. The average Bonchev–Trinajstić information content (AvgIpc) is 3.12. The Morgan fingerprint density at radius 2 is 2.08 bits per heavy atom. The Labute approximate surface area is 148 Å². The van der Waals surface area contributed by atoms with Crippen LogP contribution in [0.5, 0.6) is 5.75 Å². The van der Waals surface area contributed by atoms with E-state index in [1.54, 1.807) is 13.2 Å². The molecular weight excluding hydrogens is 318 g/mol. The van der Waals surface area contributed by atoms with Crippen molar-refractivity contribution >= 4 is 5.91 Å². The molecule has 6 nitrogen and oxygen atoms in total. The number of carbonyl (C=O) groups is 1. The maximum atomic E-state index is 12.8. The summed E-state index contributed by atoms with van der Waals surface area (Å²) in [5.74, 6) is 1.29. The fourth-order valence-electron chi connectivity index (χ4n) is 3.15. The summed E-state index contributed by atoms with van der Waals surface area (Å²) in [6, 6.07) is 9.80. The zero-order valence-corrected chi connectivity index (χ0v) is 15.2. The van der Waals surface area contributed by atoms with E-state index in [9.17, 15) is 4.79 Å². The topological polar surface area (TPSA) is 58.8 Å². The number of ether oxygens (including phenoxy) is 1. The molecular formula is C19H25N3O3. The first kappa shape index (κ1) is 17.5. The molecule has 0 N–H and O–H groups in total. The first-order valence-corrected chi connectivity index (χ1v) is 8.60. The van der Waals surface area contributed by atoms with E-state index in [0.717, 1.165) is 23.6 Å². The minimum atomic E-state index is -0.104. The van der Waals surface area contributed by atoms with E-state index < -0.39 is 0 Å². The Kier molecular flexibility index (Phi) is 5.08. The summed E-state index contributed by atoms with van der Waals surface area (Å²) >= 11 is 0. The summed E-state index contributed by atoms with van der Waals surface area (Å²) in [5.41, 5.74) is 1.89. The Morgan fingerprint density at radius 3 is 2.76 bits per heavy atom. The molecule has 1 aromatic carbocycles. The van der Waals surface area contributed by atoms with Crippen LogP contribution in [0.15, 0.2) is 34.9 Å². The molecule has 2 heterocycles. The van der Waals surface area contributed by atoms with Gasteiger partial charge in [-0.05, 0) is 19.0 Å². The normalized spacial score (nSPS) is 18.6. The second-order valence-electron chi connectivity index (χ2n) is 6.76. The number of aromatic nitrogens is 1. The Morgan fingerprint density at radius 1 is 1.32 bits per heavy atom. The Balaban J connectivity index is 1.81. The SMILES string of the molecule is COc1ccccc1[C@@H]1CN(C(=O)c2cc(C(C)C)no2)CCN1C. The van der Waals surface area contributed by atoms with Crippen molar-refractivity contribution in [1.82, 2.24) is 15.0 Å². The second-order valence-corrected chi connectivity index (χ2v) is 6.76. The highest BCUT2D eigenvalue weighted by Crippen LogP contribution is 2.31. The molecule has 1 aliphatic heterocycles. The number of hydrogen-bond acceptors (Lipinski definition) is 5. The molecule has 0 aliphatic carbocycles. The van der Waals surface area contributed by atoms with Gasteiger partial charge in [0.1, 0.15) is 5.75 Å². The number of hydrogen-bond donors (Lipinski definition) is 0. The molecule has 0 radical (unpaired) electrons. The summed E-state index contributed by atoms with van der Waals surface area (Å²) in [5, 5.41) is 4.00. The lowest BCUT2D eigenvalue weighted by Crippen LogP contribution is -2.49. The van der Waals surface area contributed by atoms with Gasteiger partial charge in [-0.2, -0.15) is 0 Å². The minimum Gasteiger partial charge on any atom is -0.496 e. The zero-order chi connectivity index (χ0) is 18.0. The molecule has 2 aromatic rings. The van der Waals surface area contributed by atoms with Crippen LogP contribution in [0, 0.1) is 0 Å². The van der Waals surface area contributed by atoms with Crippen LogP contribution in [0.4, 0.5) is 0 Å². The van der Waals surface area contributed by atoms with Crippen LogP contribution in [-0.2, 0) is 0 Å². The van der Waals surface area contributed by atoms with E-state index in [-0.39, 0.29) is 17.9 Å². The van der Waals surface area contributed by atoms with Crippen LogP contribution < -0.4 is 4.74 Å². The number of piperazine rings is 1. The molecule has 1 atom stereocenters. The van der Waals surface area contributed by atoms with E-state index in [1.807, 2.05) is 36.9 Å². The number of likely N-dealkylation sites (N-methyl/N-ethyl adjacent to an activating group) is 1. The number of methoxy groups -OCH3 is 1. The van der Waals surface area contributed by atoms with Crippen LogP contribution in [0.2, 0.25) is 0 Å². The molecule has 1 aromatic heterocycles. The van der Waals surface area contributed by atoms with Crippen molar-refractivity contribution in [3.63, 3.8) is 0 Å². The number of para-hydroxylation sites is 1. The van der Waals surface area contributed by atoms with Gasteiger partial charge in [-0.3, -0.25) is 9.69 Å². The molecule has 25 heavy (non-hydrogen) atoms. The number of amides is 1. The van der Waals surface area contributed by atoms with Crippen LogP contribution in [0.25, 0.3) is 0 Å². The van der Waals surface area contributed by atoms with Crippen molar-refractivity contribution in [3.8, 4) is 5.75 Å². The largest absolute Gasteiger partial charge is 0.496 e. The van der Waals surface area contributed by atoms with Crippen LogP contribution in [0.3, 0.4) is 0 Å². The van der Waals surface area contributed by atoms with Crippen molar-refractivity contribution in [2.45, 2.75) is 25.8 Å². The van der Waals surface area contributed by atoms with Gasteiger partial charge in [0.25, 0.3) is 5.91 Å². The first-order chi connectivity index (χ1) is 12.0. The van der Waals surface area contributed by atoms with Crippen molar-refractivity contribution in [2.75, 3.05) is 33.8 Å². The van der Waals surface area contributed by atoms with Crippen LogP contribution in [-0.4, -0.2) is 54.7 Å². The number of nitrogens with zero attached hydrogens (tertiary/aromatic N) is 3. The summed E-state index contributed by atoms with van der Waals surface area (Å²) < 4.78 is 10.8. The first-order valence-electron chi connectivity index (χ1n) is 8.60. The lowest BCUT2D eigenvalue weighted by molar-refractivity contribution is 0.0505. The average molecular weight is 343 g/mol. The van der Waals surface area contributed by atoms with Gasteiger partial charge in [-0.15, -0.1) is 0 Å². The maximum absolute atomic E-state index is 12.8. The smallest absolute Gasteiger partial charge is 0.292 e. The van der Waals surface area contributed by atoms with Gasteiger partial charge in [0.15, 0.2) is 0 Å². The summed E-state index contributed by atoms with van der Waals surface area (Å²) in [6.07, 6.45) is 0. The number of carbonyl (C=O) groups excluding carboxylic acids is 1. The molecule has 0 bridgehead atoms. The standard InChI is InChI=1S/C19H25N3O3/c1-13(2)15-11-18(25-20-15)19(23)22-10-9-21(3)16(12-22)14-7-5-6-8-17(14)24-4/h5-8,11,13,16H,9-10,12H2,1-4H3/t16-/m0/s1. The molecule has 1 saturated heterocycles. The van der Waals surface area contributed by atoms with Gasteiger partial charge in [-0.25, -0.2) is 0 Å². The molecule has 1 fully saturated rings. The third-order valence-corrected chi connectivity index (χ3v) is 4.76. The van der Waals surface area contributed by atoms with E-state index in [1.165, 1.54) is 0 Å². The maximum Gasteiger partial charge on any atom is 0.292 e. The van der Waals surface area contributed by atoms with Gasteiger partial charge >= 0.3 is 0 Å². The van der Waals surface area contributed by atoms with Crippen LogP contribution in [0.1, 0.15) is 47.6 Å². The Bertz CT molecular complexity index is 741. The second kappa shape index (κ2) is 7.27. The van der Waals surface area contributed by atoms with Gasteiger partial charge < -0.3 is 14.2 Å². The molecule has 134 valence electrons. The predicted octanol–water partition coefficient (Wildman–Crippen LogP) is 2.94. The zero-order valence-electron chi connectivity index (χ0n) is 15.2. The van der Waals surface area contributed by atoms with Crippen molar-refractivity contribution in [1.29, 1.82) is 0 Å². The minimum absolute atomic E-state index is 0.0846. The molecule has 1 aliphatic rings. The van der Waals surface area contributed by atoms with E-state index in [4.69, 9.17) is 9.26 Å². The van der Waals surface area contributed by atoms with E-state index in [0.29, 0.717) is 18.8 Å². The highest BCUT2D eigenvalue weighted by molar-refractivity contribution is 5.91. The molecule has 3 rings (SSSR count). The van der Waals surface area contributed by atoms with Gasteiger partial charge in [0.05, 0.1) is 18.8 Å². The third-order valence-electron chi connectivity index (χ3n) is 4.76. The number of rotatable bonds is 4. The van der Waals surface area contributed by atoms with E-state index in [2.05, 4.69) is 23.2 Å². The fraction of sp³-hybridized carbons (Fsp3) is 0.474. The van der Waals surface area contributed by atoms with Gasteiger partial charge in [-0.1, -0.05) is 37.2 Å². The highest BCUT2D eigenvalue weighted by Gasteiger charge is 2.32. The van der Waals surface area contributed by atoms with Crippen molar-refractivity contribution < 1.29 is 14.1 Å². The van der Waals surface area contributed by atoms with Crippen LogP contribution >= 0.6 is 0 Å². The monoisotopic (exact) mass is 343 g/mol. The van der Waals surface area contributed by atoms with E-state index >= 15 is 0 Å². The van der Waals surface area contributed by atoms with Gasteiger partial charge in [0, 0.05) is 31.3 Å². The quantitative estimate of drug-likeness (QED) is 0.854. The summed E-state index contributed by atoms with van der Waals surface area (Å²) in [7, 11) is 3.75. The molecule has 6 heteroatoms. The van der Waals surface area contributed by atoms with Gasteiger partial charge in [0.2, 0.25) is 5.76 Å². The summed E-state index contributed by atoms with van der Waals surface area (Å²) in [6.45, 7) is 6.10.